The van der Waals surface area contributed by atoms with Crippen molar-refractivity contribution in [3.63, 3.8) is 0 Å². The number of halogens is 1. The van der Waals surface area contributed by atoms with E-state index >= 15 is 0 Å². The summed E-state index contributed by atoms with van der Waals surface area (Å²) in [5.74, 6) is 0. The molecule has 0 bridgehead atoms. The first kappa shape index (κ1) is 14.0. The van der Waals surface area contributed by atoms with Crippen LogP contribution in [0, 0.1) is 0 Å². The topological polar surface area (TPSA) is 30.5 Å². The van der Waals surface area contributed by atoms with Crippen LogP contribution in [-0.4, -0.2) is 32.1 Å². The Morgan fingerprint density at radius 3 is 2.56 bits per heavy atom. The number of rotatable bonds is 6. The molecule has 0 spiro atoms. The molecule has 1 fully saturated rings. The van der Waals surface area contributed by atoms with Gasteiger partial charge in [-0.3, -0.25) is 0 Å². The van der Waals surface area contributed by atoms with Gasteiger partial charge in [-0.15, -0.1) is 0 Å². The first-order valence-electron chi connectivity index (χ1n) is 6.49. The Morgan fingerprint density at radius 2 is 1.94 bits per heavy atom. The number of likely N-dealkylation sites (N-methyl/N-ethyl adjacent to an activating group) is 1. The van der Waals surface area contributed by atoms with E-state index in [-0.39, 0.29) is 6.29 Å². The van der Waals surface area contributed by atoms with Crippen LogP contribution >= 0.6 is 15.9 Å². The van der Waals surface area contributed by atoms with Gasteiger partial charge in [-0.25, -0.2) is 0 Å². The van der Waals surface area contributed by atoms with Crippen LogP contribution in [0.15, 0.2) is 28.7 Å². The lowest BCUT2D eigenvalue weighted by Crippen LogP contribution is -2.34. The molecule has 3 nitrogen and oxygen atoms in total. The van der Waals surface area contributed by atoms with Crippen molar-refractivity contribution < 1.29 is 9.47 Å². The third-order valence-corrected chi connectivity index (χ3v) is 3.58. The molecule has 1 aliphatic rings. The smallest absolute Gasteiger partial charge is 0.159 e. The fourth-order valence-corrected chi connectivity index (χ4v) is 2.47. The van der Waals surface area contributed by atoms with E-state index in [1.807, 2.05) is 0 Å². The van der Waals surface area contributed by atoms with Crippen LogP contribution in [0.2, 0.25) is 0 Å². The van der Waals surface area contributed by atoms with Gasteiger partial charge in [-0.2, -0.15) is 0 Å². The van der Waals surface area contributed by atoms with E-state index < -0.39 is 0 Å². The molecular formula is C14H20BrNO2. The Labute approximate surface area is 117 Å². The van der Waals surface area contributed by atoms with Crippen LogP contribution in [0.5, 0.6) is 0 Å². The van der Waals surface area contributed by atoms with Crippen LogP contribution in [0.3, 0.4) is 0 Å². The van der Waals surface area contributed by atoms with E-state index in [9.17, 15) is 0 Å². The van der Waals surface area contributed by atoms with Gasteiger partial charge in [0.2, 0.25) is 0 Å². The number of ether oxygens (including phenoxy) is 2. The summed E-state index contributed by atoms with van der Waals surface area (Å²) in [5, 5.41) is 3.50. The molecule has 1 unspecified atom stereocenters. The molecule has 0 aliphatic carbocycles. The van der Waals surface area contributed by atoms with E-state index in [2.05, 4.69) is 52.4 Å². The molecule has 1 aromatic carbocycles. The second kappa shape index (κ2) is 7.24. The van der Waals surface area contributed by atoms with Crippen LogP contribution in [0.1, 0.15) is 18.9 Å². The predicted octanol–water partition coefficient (Wildman–Crippen LogP) is 2.73. The average molecular weight is 314 g/mol. The molecule has 4 heteroatoms. The van der Waals surface area contributed by atoms with Crippen molar-refractivity contribution in [3.05, 3.63) is 34.3 Å². The van der Waals surface area contributed by atoms with Crippen molar-refractivity contribution in [2.24, 2.45) is 0 Å². The zero-order valence-electron chi connectivity index (χ0n) is 10.7. The van der Waals surface area contributed by atoms with Gasteiger partial charge < -0.3 is 14.8 Å². The maximum atomic E-state index is 5.52. The number of hydrogen-bond acceptors (Lipinski definition) is 3. The molecule has 18 heavy (non-hydrogen) atoms. The Balaban J connectivity index is 1.90. The minimum atomic E-state index is -0.0375. The summed E-state index contributed by atoms with van der Waals surface area (Å²) in [6, 6.07) is 8.89. The van der Waals surface area contributed by atoms with Gasteiger partial charge >= 0.3 is 0 Å². The van der Waals surface area contributed by atoms with Gasteiger partial charge in [0.15, 0.2) is 6.29 Å². The largest absolute Gasteiger partial charge is 0.350 e. The summed E-state index contributed by atoms with van der Waals surface area (Å²) in [4.78, 5) is 0. The summed E-state index contributed by atoms with van der Waals surface area (Å²) in [6.45, 7) is 4.54. The summed E-state index contributed by atoms with van der Waals surface area (Å²) in [5.41, 5.74) is 1.34. The van der Waals surface area contributed by atoms with Crippen LogP contribution in [0.25, 0.3) is 0 Å². The first-order chi connectivity index (χ1) is 8.78. The standard InChI is InChI=1S/C14H20BrNO2/c1-2-16-13(10-14-17-7-8-18-14)9-11-3-5-12(15)6-4-11/h3-6,13-14,16H,2,7-10H2,1H3. The molecule has 1 aliphatic heterocycles. The second-order valence-electron chi connectivity index (χ2n) is 4.49. The summed E-state index contributed by atoms with van der Waals surface area (Å²) >= 11 is 3.46. The zero-order chi connectivity index (χ0) is 12.8. The third kappa shape index (κ3) is 4.35. The highest BCUT2D eigenvalue weighted by molar-refractivity contribution is 9.10. The molecule has 1 saturated heterocycles. The SMILES string of the molecule is CCNC(Cc1ccc(Br)cc1)CC1OCCO1. The zero-order valence-corrected chi connectivity index (χ0v) is 12.3. The fourth-order valence-electron chi connectivity index (χ4n) is 2.21. The molecule has 0 amide bonds. The molecule has 1 heterocycles. The lowest BCUT2D eigenvalue weighted by atomic mass is 10.0. The van der Waals surface area contributed by atoms with E-state index in [4.69, 9.17) is 9.47 Å². The molecule has 0 saturated carbocycles. The van der Waals surface area contributed by atoms with Gasteiger partial charge in [0.25, 0.3) is 0 Å². The summed E-state index contributed by atoms with van der Waals surface area (Å²) in [6.07, 6.45) is 1.87. The minimum absolute atomic E-state index is 0.0375. The molecule has 0 radical (unpaired) electrons. The van der Waals surface area contributed by atoms with Crippen molar-refractivity contribution in [3.8, 4) is 0 Å². The van der Waals surface area contributed by atoms with Crippen LogP contribution in [0.4, 0.5) is 0 Å². The average Bonchev–Trinajstić information content (AvgIpc) is 2.85. The number of nitrogens with one attached hydrogen (secondary N) is 1. The summed E-state index contributed by atoms with van der Waals surface area (Å²) in [7, 11) is 0. The van der Waals surface area contributed by atoms with Crippen molar-refractivity contribution in [2.75, 3.05) is 19.8 Å². The highest BCUT2D eigenvalue weighted by Gasteiger charge is 2.21. The van der Waals surface area contributed by atoms with Crippen LogP contribution < -0.4 is 5.32 Å². The van der Waals surface area contributed by atoms with Crippen LogP contribution in [-0.2, 0) is 15.9 Å². The highest BCUT2D eigenvalue weighted by atomic mass is 79.9. The van der Waals surface area contributed by atoms with Gasteiger partial charge in [0.05, 0.1) is 13.2 Å². The van der Waals surface area contributed by atoms with E-state index in [1.54, 1.807) is 0 Å². The minimum Gasteiger partial charge on any atom is -0.350 e. The molecule has 1 aromatic rings. The lowest BCUT2D eigenvalue weighted by molar-refractivity contribution is -0.0525. The van der Waals surface area contributed by atoms with Gasteiger partial charge in [0, 0.05) is 16.9 Å². The lowest BCUT2D eigenvalue weighted by Gasteiger charge is -2.20. The Bertz CT molecular complexity index is 349. The number of hydrogen-bond donors (Lipinski definition) is 1. The molecule has 0 aromatic heterocycles. The third-order valence-electron chi connectivity index (χ3n) is 3.06. The molecule has 1 atom stereocenters. The van der Waals surface area contributed by atoms with E-state index in [1.165, 1.54) is 5.56 Å². The molecule has 2 rings (SSSR count). The first-order valence-corrected chi connectivity index (χ1v) is 7.28. The summed E-state index contributed by atoms with van der Waals surface area (Å²) < 4.78 is 12.2. The predicted molar refractivity (Wildman–Crippen MR) is 75.6 cm³/mol. The fraction of sp³-hybridized carbons (Fsp3) is 0.571. The van der Waals surface area contributed by atoms with Gasteiger partial charge in [-0.05, 0) is 30.7 Å². The van der Waals surface area contributed by atoms with E-state index in [0.717, 1.165) is 37.1 Å². The maximum Gasteiger partial charge on any atom is 0.159 e. The van der Waals surface area contributed by atoms with Crippen molar-refractivity contribution in [1.29, 1.82) is 0 Å². The number of benzene rings is 1. The Morgan fingerprint density at radius 1 is 1.28 bits per heavy atom. The monoisotopic (exact) mass is 313 g/mol. The van der Waals surface area contributed by atoms with E-state index in [0.29, 0.717) is 6.04 Å². The quantitative estimate of drug-likeness (QED) is 0.876. The molecule has 100 valence electrons. The van der Waals surface area contributed by atoms with Gasteiger partial charge in [-0.1, -0.05) is 35.0 Å². The molecule has 1 N–H and O–H groups in total. The van der Waals surface area contributed by atoms with Crippen molar-refractivity contribution in [1.82, 2.24) is 5.32 Å². The Kier molecular flexibility index (Phi) is 5.63. The second-order valence-corrected chi connectivity index (χ2v) is 5.41. The normalized spacial score (nSPS) is 18.1. The molecular weight excluding hydrogens is 294 g/mol. The Hall–Kier alpha value is -0.420. The van der Waals surface area contributed by atoms with Crippen molar-refractivity contribution >= 4 is 15.9 Å². The van der Waals surface area contributed by atoms with Gasteiger partial charge in [0.1, 0.15) is 0 Å². The maximum absolute atomic E-state index is 5.52. The highest BCUT2D eigenvalue weighted by Crippen LogP contribution is 2.16. The van der Waals surface area contributed by atoms with Crippen molar-refractivity contribution in [2.45, 2.75) is 32.1 Å².